The van der Waals surface area contributed by atoms with Gasteiger partial charge in [0.25, 0.3) is 0 Å². The molecule has 1 saturated heterocycles. The second-order valence-corrected chi connectivity index (χ2v) is 6.46. The molecule has 2 aromatic heterocycles. The molecule has 23 heavy (non-hydrogen) atoms. The van der Waals surface area contributed by atoms with Gasteiger partial charge in [0.05, 0.1) is 10.7 Å². The molecule has 1 aromatic carbocycles. The van der Waals surface area contributed by atoms with Crippen molar-refractivity contribution < 1.29 is 4.39 Å². The van der Waals surface area contributed by atoms with Gasteiger partial charge in [0.1, 0.15) is 11.5 Å². The van der Waals surface area contributed by atoms with Crippen molar-refractivity contribution in [1.82, 2.24) is 14.3 Å². The van der Waals surface area contributed by atoms with E-state index in [-0.39, 0.29) is 5.82 Å². The van der Waals surface area contributed by atoms with Crippen LogP contribution < -0.4 is 0 Å². The highest BCUT2D eigenvalue weighted by molar-refractivity contribution is 6.30. The average Bonchev–Trinajstić information content (AvgIpc) is 3.14. The zero-order valence-corrected chi connectivity index (χ0v) is 13.4. The van der Waals surface area contributed by atoms with Gasteiger partial charge in [-0.05, 0) is 49.2 Å². The van der Waals surface area contributed by atoms with E-state index in [1.807, 2.05) is 41.1 Å². The Bertz CT molecular complexity index is 828. The Kier molecular flexibility index (Phi) is 3.79. The Hall–Kier alpha value is -1.91. The number of nitrogens with zero attached hydrogens (tertiary/aromatic N) is 3. The molecule has 1 aliphatic heterocycles. The molecular formula is C18H17ClFN3. The van der Waals surface area contributed by atoms with Gasteiger partial charge in [0.2, 0.25) is 0 Å². The third-order valence-electron chi connectivity index (χ3n) is 4.45. The molecule has 1 fully saturated rings. The summed E-state index contributed by atoms with van der Waals surface area (Å²) in [5.74, 6) is -0.185. The summed E-state index contributed by atoms with van der Waals surface area (Å²) in [6.45, 7) is 1.83. The number of benzene rings is 1. The molecule has 0 unspecified atom stereocenters. The lowest BCUT2D eigenvalue weighted by molar-refractivity contribution is 0.246. The van der Waals surface area contributed by atoms with Crippen LogP contribution in [0.1, 0.15) is 30.1 Å². The summed E-state index contributed by atoms with van der Waals surface area (Å²) in [7, 11) is 0. The highest BCUT2D eigenvalue weighted by Crippen LogP contribution is 2.33. The number of pyridine rings is 1. The first-order valence-corrected chi connectivity index (χ1v) is 8.19. The Labute approximate surface area is 139 Å². The van der Waals surface area contributed by atoms with Crippen molar-refractivity contribution in [1.29, 1.82) is 0 Å². The monoisotopic (exact) mass is 329 g/mol. The Morgan fingerprint density at radius 1 is 1.13 bits per heavy atom. The van der Waals surface area contributed by atoms with E-state index in [1.165, 1.54) is 5.56 Å². The van der Waals surface area contributed by atoms with E-state index in [0.29, 0.717) is 11.1 Å². The molecule has 0 radical (unpaired) electrons. The lowest BCUT2D eigenvalue weighted by atomic mass is 10.0. The van der Waals surface area contributed by atoms with Crippen molar-refractivity contribution >= 4 is 17.2 Å². The van der Waals surface area contributed by atoms with Gasteiger partial charge >= 0.3 is 0 Å². The number of hydrogen-bond donors (Lipinski definition) is 0. The molecule has 5 heteroatoms. The summed E-state index contributed by atoms with van der Waals surface area (Å²) < 4.78 is 15.1. The largest absolute Gasteiger partial charge is 0.305 e. The molecule has 0 aliphatic carbocycles. The molecule has 3 nitrogen and oxygen atoms in total. The van der Waals surface area contributed by atoms with Gasteiger partial charge < -0.3 is 4.40 Å². The van der Waals surface area contributed by atoms with Crippen LogP contribution in [0.15, 0.2) is 48.8 Å². The van der Waals surface area contributed by atoms with Gasteiger partial charge in [0.15, 0.2) is 0 Å². The van der Waals surface area contributed by atoms with Crippen molar-refractivity contribution in [3.63, 3.8) is 0 Å². The molecule has 4 rings (SSSR count). The van der Waals surface area contributed by atoms with Crippen LogP contribution in [-0.2, 0) is 6.54 Å². The fourth-order valence-electron chi connectivity index (χ4n) is 3.38. The quantitative estimate of drug-likeness (QED) is 0.707. The zero-order valence-electron chi connectivity index (χ0n) is 12.6. The highest BCUT2D eigenvalue weighted by atomic mass is 35.5. The third kappa shape index (κ3) is 2.96. The SMILES string of the molecule is Fc1ccc([C@H]2CCCN2Cc2cn3cc(Cl)ccc3n2)cc1. The molecule has 0 amide bonds. The van der Waals surface area contributed by atoms with Crippen molar-refractivity contribution in [2.45, 2.75) is 25.4 Å². The first kappa shape index (κ1) is 14.7. The first-order chi connectivity index (χ1) is 11.2. The lowest BCUT2D eigenvalue weighted by Crippen LogP contribution is -2.22. The molecule has 0 bridgehead atoms. The van der Waals surface area contributed by atoms with E-state index in [9.17, 15) is 4.39 Å². The standard InChI is InChI=1S/C18H17ClFN3/c19-14-5-8-18-21-16(12-23(18)10-14)11-22-9-1-2-17(22)13-3-6-15(20)7-4-13/h3-8,10,12,17H,1-2,9,11H2/t17-/m1/s1. The van der Waals surface area contributed by atoms with Gasteiger partial charge in [-0.1, -0.05) is 23.7 Å². The van der Waals surface area contributed by atoms with E-state index in [1.54, 1.807) is 12.1 Å². The predicted molar refractivity (Wildman–Crippen MR) is 89.0 cm³/mol. The van der Waals surface area contributed by atoms with E-state index >= 15 is 0 Å². The normalized spacial score (nSPS) is 18.8. The van der Waals surface area contributed by atoms with Crippen LogP contribution in [0.4, 0.5) is 4.39 Å². The summed E-state index contributed by atoms with van der Waals surface area (Å²) in [5.41, 5.74) is 3.11. The Morgan fingerprint density at radius 3 is 2.78 bits per heavy atom. The van der Waals surface area contributed by atoms with Gasteiger partial charge in [-0.15, -0.1) is 0 Å². The lowest BCUT2D eigenvalue weighted by Gasteiger charge is -2.23. The van der Waals surface area contributed by atoms with Gasteiger partial charge in [-0.25, -0.2) is 9.37 Å². The number of imidazole rings is 1. The van der Waals surface area contributed by atoms with Crippen LogP contribution in [-0.4, -0.2) is 20.8 Å². The molecule has 0 saturated carbocycles. The number of halogens is 2. The van der Waals surface area contributed by atoms with Crippen molar-refractivity contribution in [3.05, 3.63) is 70.9 Å². The third-order valence-corrected chi connectivity index (χ3v) is 4.67. The maximum atomic E-state index is 13.1. The number of fused-ring (bicyclic) bond motifs is 1. The van der Waals surface area contributed by atoms with Crippen LogP contribution in [0.3, 0.4) is 0 Å². The minimum absolute atomic E-state index is 0.185. The van der Waals surface area contributed by atoms with Crippen LogP contribution in [0, 0.1) is 5.82 Å². The maximum Gasteiger partial charge on any atom is 0.137 e. The minimum atomic E-state index is -0.185. The van der Waals surface area contributed by atoms with Gasteiger partial charge in [-0.3, -0.25) is 4.90 Å². The fraction of sp³-hybridized carbons (Fsp3) is 0.278. The molecule has 1 aliphatic rings. The van der Waals surface area contributed by atoms with Crippen LogP contribution in [0.5, 0.6) is 0 Å². The average molecular weight is 330 g/mol. The van der Waals surface area contributed by atoms with Crippen molar-refractivity contribution in [2.24, 2.45) is 0 Å². The summed E-state index contributed by atoms with van der Waals surface area (Å²) in [6.07, 6.45) is 6.15. The summed E-state index contributed by atoms with van der Waals surface area (Å²) in [5, 5.41) is 0.701. The smallest absolute Gasteiger partial charge is 0.137 e. The topological polar surface area (TPSA) is 20.5 Å². The second kappa shape index (κ2) is 5.95. The van der Waals surface area contributed by atoms with Crippen LogP contribution >= 0.6 is 11.6 Å². The zero-order chi connectivity index (χ0) is 15.8. The van der Waals surface area contributed by atoms with Crippen LogP contribution in [0.25, 0.3) is 5.65 Å². The first-order valence-electron chi connectivity index (χ1n) is 7.82. The molecular weight excluding hydrogens is 313 g/mol. The summed E-state index contributed by atoms with van der Waals surface area (Å²) in [6, 6.07) is 11.0. The second-order valence-electron chi connectivity index (χ2n) is 6.03. The number of hydrogen-bond acceptors (Lipinski definition) is 2. The number of likely N-dealkylation sites (tertiary alicyclic amines) is 1. The maximum absolute atomic E-state index is 13.1. The van der Waals surface area contributed by atoms with Crippen LogP contribution in [0.2, 0.25) is 5.02 Å². The molecule has 0 N–H and O–H groups in total. The van der Waals surface area contributed by atoms with E-state index in [4.69, 9.17) is 11.6 Å². The molecule has 0 spiro atoms. The molecule has 1 atom stereocenters. The predicted octanol–water partition coefficient (Wildman–Crippen LogP) is 4.46. The highest BCUT2D eigenvalue weighted by Gasteiger charge is 2.26. The molecule has 3 aromatic rings. The minimum Gasteiger partial charge on any atom is -0.305 e. The van der Waals surface area contributed by atoms with E-state index < -0.39 is 0 Å². The van der Waals surface area contributed by atoms with Crippen molar-refractivity contribution in [2.75, 3.05) is 6.54 Å². The van der Waals surface area contributed by atoms with Crippen molar-refractivity contribution in [3.8, 4) is 0 Å². The Balaban J connectivity index is 1.57. The Morgan fingerprint density at radius 2 is 1.96 bits per heavy atom. The molecule has 118 valence electrons. The van der Waals surface area contributed by atoms with Gasteiger partial charge in [-0.2, -0.15) is 0 Å². The van der Waals surface area contributed by atoms with E-state index in [0.717, 1.165) is 37.3 Å². The van der Waals surface area contributed by atoms with E-state index in [2.05, 4.69) is 9.88 Å². The summed E-state index contributed by atoms with van der Waals surface area (Å²) in [4.78, 5) is 7.08. The summed E-state index contributed by atoms with van der Waals surface area (Å²) >= 11 is 6.02. The number of rotatable bonds is 3. The fourth-order valence-corrected chi connectivity index (χ4v) is 3.55. The number of aromatic nitrogens is 2. The molecule has 3 heterocycles. The van der Waals surface area contributed by atoms with Gasteiger partial charge in [0, 0.05) is 25.0 Å².